The second kappa shape index (κ2) is 14.3. The molecule has 1 saturated carbocycles. The van der Waals surface area contributed by atoms with Crippen molar-refractivity contribution in [2.45, 2.75) is 102 Å². The lowest BCUT2D eigenvalue weighted by molar-refractivity contribution is -0.165. The molecule has 3 aromatic rings. The van der Waals surface area contributed by atoms with E-state index in [4.69, 9.17) is 16.3 Å². The number of rotatable bonds is 12. The van der Waals surface area contributed by atoms with Crippen molar-refractivity contribution in [3.05, 3.63) is 105 Å². The van der Waals surface area contributed by atoms with Gasteiger partial charge in [0.2, 0.25) is 5.72 Å². The molecule has 3 N–H and O–H groups in total. The fourth-order valence-electron chi connectivity index (χ4n) is 7.75. The Morgan fingerprint density at radius 3 is 2.10 bits per heavy atom. The van der Waals surface area contributed by atoms with Crippen LogP contribution in [0.5, 0.6) is 0 Å². The summed E-state index contributed by atoms with van der Waals surface area (Å²) in [5.41, 5.74) is 3.96. The third-order valence-electron chi connectivity index (χ3n) is 10.7. The average Bonchev–Trinajstić information content (AvgIpc) is 3.87. The van der Waals surface area contributed by atoms with Crippen molar-refractivity contribution in [3.8, 4) is 11.5 Å². The minimum Gasteiger partial charge on any atom is -0.394 e. The number of carbonyl (C=O) groups is 1. The SMILES string of the molecule is CC(C)[Si](C#Cc1ccc(CN2C(=O)c3cc(C(C)(O)CO)cc(F)c3C2(OC(CO)C2CC2)c2ccc(Cl)cc2)cc1)(C(C)C)C(C)C. The van der Waals surface area contributed by atoms with Crippen LogP contribution in [0.15, 0.2) is 60.7 Å². The standard InChI is InChI=1S/C40H49ClFNO5Si/c1-25(2)49(26(3)4,27(5)6)19-18-28-8-10-29(11-9-28)22-43-38(46)34-20-32(39(7,47)24-45)21-35(42)37(34)40(43,31-14-16-33(41)17-15-31)48-36(23-44)30-12-13-30/h8-11,14-17,20-21,25-27,30,36,44-45,47H,12-13,22-24H2,1-7H3. The molecule has 0 spiro atoms. The van der Waals surface area contributed by atoms with Crippen LogP contribution in [0.4, 0.5) is 4.39 Å². The number of aliphatic hydroxyl groups excluding tert-OH is 2. The van der Waals surface area contributed by atoms with Crippen LogP contribution in [0.3, 0.4) is 0 Å². The maximum atomic E-state index is 16.6. The van der Waals surface area contributed by atoms with E-state index in [-0.39, 0.29) is 35.8 Å². The first-order valence-electron chi connectivity index (χ1n) is 17.3. The summed E-state index contributed by atoms with van der Waals surface area (Å²) in [6.07, 6.45) is 1.03. The molecule has 6 nitrogen and oxygen atoms in total. The monoisotopic (exact) mass is 705 g/mol. The van der Waals surface area contributed by atoms with Crippen molar-refractivity contribution in [1.82, 2.24) is 4.90 Å². The second-order valence-electron chi connectivity index (χ2n) is 14.9. The Morgan fingerprint density at radius 1 is 1.00 bits per heavy atom. The number of aliphatic hydroxyl groups is 3. The van der Waals surface area contributed by atoms with E-state index in [9.17, 15) is 20.1 Å². The van der Waals surface area contributed by atoms with Crippen molar-refractivity contribution < 1.29 is 29.2 Å². The lowest BCUT2D eigenvalue weighted by atomic mass is 9.88. The minimum atomic E-state index is -1.94. The van der Waals surface area contributed by atoms with Crippen molar-refractivity contribution in [3.63, 3.8) is 0 Å². The van der Waals surface area contributed by atoms with Gasteiger partial charge in [-0.15, -0.1) is 5.54 Å². The summed E-state index contributed by atoms with van der Waals surface area (Å²) in [6, 6.07) is 17.1. The van der Waals surface area contributed by atoms with Gasteiger partial charge >= 0.3 is 0 Å². The molecule has 49 heavy (non-hydrogen) atoms. The molecule has 3 unspecified atom stereocenters. The Bertz CT molecular complexity index is 1700. The number of fused-ring (bicyclic) bond motifs is 1. The highest BCUT2D eigenvalue weighted by Gasteiger charge is 2.56. The van der Waals surface area contributed by atoms with Crippen LogP contribution in [0.1, 0.15) is 99.5 Å². The van der Waals surface area contributed by atoms with Gasteiger partial charge in [-0.25, -0.2) is 4.39 Å². The van der Waals surface area contributed by atoms with E-state index in [0.29, 0.717) is 27.2 Å². The lowest BCUT2D eigenvalue weighted by Gasteiger charge is -2.42. The summed E-state index contributed by atoms with van der Waals surface area (Å²) < 4.78 is 23.4. The van der Waals surface area contributed by atoms with Crippen LogP contribution in [0.2, 0.25) is 21.6 Å². The fraction of sp³-hybridized carbons (Fsp3) is 0.475. The first kappa shape index (κ1) is 37.2. The van der Waals surface area contributed by atoms with Gasteiger partial charge in [0.15, 0.2) is 0 Å². The third-order valence-corrected chi connectivity index (χ3v) is 17.2. The topological polar surface area (TPSA) is 90.2 Å². The van der Waals surface area contributed by atoms with Gasteiger partial charge < -0.3 is 20.1 Å². The zero-order valence-electron chi connectivity index (χ0n) is 29.6. The number of hydrogen-bond acceptors (Lipinski definition) is 5. The van der Waals surface area contributed by atoms with E-state index in [1.165, 1.54) is 17.9 Å². The Balaban J connectivity index is 1.64. The number of carbonyl (C=O) groups excluding carboxylic acids is 1. The summed E-state index contributed by atoms with van der Waals surface area (Å²) in [7, 11) is -1.94. The van der Waals surface area contributed by atoms with E-state index in [1.54, 1.807) is 24.3 Å². The first-order chi connectivity index (χ1) is 23.1. The van der Waals surface area contributed by atoms with Crippen molar-refractivity contribution in [1.29, 1.82) is 0 Å². The number of ether oxygens (including phenoxy) is 1. The molecule has 1 fully saturated rings. The highest BCUT2D eigenvalue weighted by atomic mass is 35.5. The lowest BCUT2D eigenvalue weighted by Crippen LogP contribution is -2.49. The smallest absolute Gasteiger partial charge is 0.257 e. The number of hydrogen-bond donors (Lipinski definition) is 3. The van der Waals surface area contributed by atoms with Gasteiger partial charge in [-0.3, -0.25) is 9.69 Å². The molecule has 5 rings (SSSR count). The van der Waals surface area contributed by atoms with E-state index in [0.717, 1.165) is 30.0 Å². The second-order valence-corrected chi connectivity index (χ2v) is 20.9. The van der Waals surface area contributed by atoms with Gasteiger partial charge in [-0.1, -0.05) is 83.3 Å². The molecular weight excluding hydrogens is 657 g/mol. The Hall–Kier alpha value is -3.03. The fourth-order valence-corrected chi connectivity index (χ4v) is 13.1. The quantitative estimate of drug-likeness (QED) is 0.132. The number of amides is 1. The molecule has 3 atom stereocenters. The van der Waals surface area contributed by atoms with Gasteiger partial charge in [0.25, 0.3) is 5.91 Å². The summed E-state index contributed by atoms with van der Waals surface area (Å²) >= 11 is 6.30. The molecule has 0 radical (unpaired) electrons. The largest absolute Gasteiger partial charge is 0.394 e. The van der Waals surface area contributed by atoms with E-state index in [1.807, 2.05) is 24.3 Å². The molecule has 1 amide bonds. The molecule has 0 saturated heterocycles. The van der Waals surface area contributed by atoms with Crippen molar-refractivity contribution >= 4 is 25.6 Å². The number of halogens is 2. The highest BCUT2D eigenvalue weighted by molar-refractivity contribution is 6.90. The van der Waals surface area contributed by atoms with Gasteiger partial charge in [-0.2, -0.15) is 0 Å². The molecule has 0 bridgehead atoms. The summed E-state index contributed by atoms with van der Waals surface area (Å²) in [5, 5.41) is 31.7. The average molecular weight is 706 g/mol. The Kier molecular flexibility index (Phi) is 10.9. The van der Waals surface area contributed by atoms with Crippen LogP contribution in [-0.4, -0.2) is 53.5 Å². The molecule has 1 aliphatic carbocycles. The van der Waals surface area contributed by atoms with Crippen molar-refractivity contribution in [2.24, 2.45) is 5.92 Å². The van der Waals surface area contributed by atoms with Crippen molar-refractivity contribution in [2.75, 3.05) is 13.2 Å². The first-order valence-corrected chi connectivity index (χ1v) is 19.9. The van der Waals surface area contributed by atoms with Crippen LogP contribution in [0, 0.1) is 23.2 Å². The highest BCUT2D eigenvalue weighted by Crippen LogP contribution is 2.51. The van der Waals surface area contributed by atoms with E-state index < -0.39 is 43.8 Å². The molecule has 3 aromatic carbocycles. The summed E-state index contributed by atoms with van der Waals surface area (Å²) in [4.78, 5) is 16.0. The zero-order valence-corrected chi connectivity index (χ0v) is 31.3. The van der Waals surface area contributed by atoms with Crippen LogP contribution < -0.4 is 0 Å². The van der Waals surface area contributed by atoms with Gasteiger partial charge in [0.1, 0.15) is 19.5 Å². The van der Waals surface area contributed by atoms with Crippen LogP contribution in [-0.2, 0) is 22.6 Å². The van der Waals surface area contributed by atoms with Crippen LogP contribution in [0.25, 0.3) is 0 Å². The predicted octanol–water partition coefficient (Wildman–Crippen LogP) is 7.89. The van der Waals surface area contributed by atoms with E-state index in [2.05, 4.69) is 53.0 Å². The van der Waals surface area contributed by atoms with Gasteiger partial charge in [0, 0.05) is 22.7 Å². The Labute approximate surface area is 296 Å². The molecule has 2 aliphatic rings. The minimum absolute atomic E-state index is 0.00347. The van der Waals surface area contributed by atoms with Crippen LogP contribution >= 0.6 is 11.6 Å². The molecule has 1 heterocycles. The maximum absolute atomic E-state index is 16.6. The molecule has 9 heteroatoms. The predicted molar refractivity (Wildman–Crippen MR) is 194 cm³/mol. The number of nitrogens with zero attached hydrogens (tertiary/aromatic N) is 1. The van der Waals surface area contributed by atoms with Gasteiger partial charge in [-0.05, 0) is 89.8 Å². The van der Waals surface area contributed by atoms with E-state index >= 15 is 4.39 Å². The molecule has 0 aromatic heterocycles. The molecule has 1 aliphatic heterocycles. The zero-order chi connectivity index (χ0) is 35.9. The summed E-state index contributed by atoms with van der Waals surface area (Å²) in [5.74, 6) is 2.27. The molecule has 262 valence electrons. The maximum Gasteiger partial charge on any atom is 0.257 e. The molecular formula is C40H49ClFNO5Si. The van der Waals surface area contributed by atoms with Gasteiger partial charge in [0.05, 0.1) is 30.4 Å². The summed E-state index contributed by atoms with van der Waals surface area (Å²) in [6.45, 7) is 14.1. The number of benzene rings is 3. The normalized spacial score (nSPS) is 19.7. The third kappa shape index (κ3) is 6.86. The Morgan fingerprint density at radius 2 is 1.59 bits per heavy atom.